The fourth-order valence-electron chi connectivity index (χ4n) is 4.11. The molecule has 1 aliphatic heterocycles. The average Bonchev–Trinajstić information content (AvgIpc) is 2.87. The Labute approximate surface area is 161 Å². The predicted molar refractivity (Wildman–Crippen MR) is 105 cm³/mol. The van der Waals surface area contributed by atoms with Crippen molar-refractivity contribution in [2.24, 2.45) is 12.5 Å². The summed E-state index contributed by atoms with van der Waals surface area (Å²) in [6, 6.07) is 4.60. The summed E-state index contributed by atoms with van der Waals surface area (Å²) < 4.78 is 1.85. The summed E-state index contributed by atoms with van der Waals surface area (Å²) in [5, 5.41) is 20.0. The van der Waals surface area contributed by atoms with Crippen molar-refractivity contribution < 1.29 is 0 Å². The first-order valence-corrected chi connectivity index (χ1v) is 8.45. The van der Waals surface area contributed by atoms with Crippen molar-refractivity contribution in [2.75, 3.05) is 18.4 Å². The minimum atomic E-state index is 0. The van der Waals surface area contributed by atoms with E-state index in [0.717, 1.165) is 22.8 Å². The van der Waals surface area contributed by atoms with Gasteiger partial charge in [-0.3, -0.25) is 4.68 Å². The lowest BCUT2D eigenvalue weighted by Crippen LogP contribution is -2.50. The third-order valence-electron chi connectivity index (χ3n) is 5.40. The molecule has 1 spiro atoms. The molecule has 0 amide bonds. The Morgan fingerprint density at radius 3 is 2.44 bits per heavy atom. The maximum absolute atomic E-state index is 4.37. The second-order valence-corrected chi connectivity index (χ2v) is 7.10. The van der Waals surface area contributed by atoms with E-state index in [4.69, 9.17) is 0 Å². The summed E-state index contributed by atoms with van der Waals surface area (Å²) in [5.41, 5.74) is 3.61. The Hall–Kier alpha value is -1.37. The Morgan fingerprint density at radius 1 is 1.16 bits per heavy atom. The highest BCUT2D eigenvalue weighted by molar-refractivity contribution is 5.85. The zero-order valence-electron chi connectivity index (χ0n) is 14.7. The zero-order valence-corrected chi connectivity index (χ0v) is 16.3. The molecule has 25 heavy (non-hydrogen) atoms. The molecular formula is C17H26Cl2N6. The molecule has 2 fully saturated rings. The molecule has 1 aliphatic carbocycles. The van der Waals surface area contributed by atoms with Crippen LogP contribution in [0.2, 0.25) is 0 Å². The van der Waals surface area contributed by atoms with Gasteiger partial charge in [0, 0.05) is 13.1 Å². The summed E-state index contributed by atoms with van der Waals surface area (Å²) in [4.78, 5) is 0. The highest BCUT2D eigenvalue weighted by atomic mass is 35.5. The summed E-state index contributed by atoms with van der Waals surface area (Å²) in [7, 11) is 1.93. The molecule has 2 N–H and O–H groups in total. The smallest absolute Gasteiger partial charge is 0.148 e. The predicted octanol–water partition coefficient (Wildman–Crippen LogP) is 2.97. The van der Waals surface area contributed by atoms with Crippen molar-refractivity contribution in [3.8, 4) is 11.4 Å². The van der Waals surface area contributed by atoms with Gasteiger partial charge in [0.05, 0.1) is 11.9 Å². The highest BCUT2D eigenvalue weighted by Gasteiger charge is 2.44. The summed E-state index contributed by atoms with van der Waals surface area (Å²) in [6.45, 7) is 4.39. The van der Waals surface area contributed by atoms with Gasteiger partial charge in [-0.2, -0.15) is 5.10 Å². The largest absolute Gasteiger partial charge is 0.366 e. The van der Waals surface area contributed by atoms with Gasteiger partial charge in [0.2, 0.25) is 0 Å². The molecule has 0 unspecified atom stereocenters. The molecule has 138 valence electrons. The first-order chi connectivity index (χ1) is 11.2. The minimum Gasteiger partial charge on any atom is -0.366 e. The molecule has 1 saturated carbocycles. The van der Waals surface area contributed by atoms with Crippen LogP contribution in [0.15, 0.2) is 18.3 Å². The molecule has 0 radical (unpaired) electrons. The highest BCUT2D eigenvalue weighted by Crippen LogP contribution is 2.48. The first kappa shape index (κ1) is 19.9. The molecule has 2 aromatic rings. The number of nitrogens with zero attached hydrogens (tertiary/aromatic N) is 4. The van der Waals surface area contributed by atoms with Crippen LogP contribution in [0, 0.1) is 12.3 Å². The quantitative estimate of drug-likeness (QED) is 0.850. The van der Waals surface area contributed by atoms with Crippen molar-refractivity contribution in [3.63, 3.8) is 0 Å². The van der Waals surface area contributed by atoms with E-state index < -0.39 is 0 Å². The van der Waals surface area contributed by atoms with Crippen molar-refractivity contribution in [1.82, 2.24) is 25.3 Å². The van der Waals surface area contributed by atoms with Gasteiger partial charge in [0.15, 0.2) is 0 Å². The third kappa shape index (κ3) is 3.91. The Morgan fingerprint density at radius 2 is 1.88 bits per heavy atom. The molecule has 0 bridgehead atoms. The molecule has 3 heterocycles. The molecule has 4 rings (SSSR count). The lowest BCUT2D eigenvalue weighted by Gasteiger charge is -2.50. The average molecular weight is 385 g/mol. The van der Waals surface area contributed by atoms with Crippen LogP contribution in [0.5, 0.6) is 0 Å². The van der Waals surface area contributed by atoms with Crippen molar-refractivity contribution in [2.45, 2.75) is 38.6 Å². The molecule has 0 aromatic carbocycles. The number of halogens is 2. The SMILES string of the molecule is Cc1cnn(C)c1-c1ccc(NC2CC3(CCNCC3)C2)nn1.Cl.Cl. The zero-order chi connectivity index (χ0) is 15.9. The fourth-order valence-corrected chi connectivity index (χ4v) is 4.11. The molecule has 1 saturated heterocycles. The molecule has 2 aromatic heterocycles. The molecule has 8 heteroatoms. The van der Waals surface area contributed by atoms with Gasteiger partial charge in [-0.25, -0.2) is 0 Å². The number of anilines is 1. The van der Waals surface area contributed by atoms with Gasteiger partial charge >= 0.3 is 0 Å². The van der Waals surface area contributed by atoms with Crippen LogP contribution in [-0.4, -0.2) is 39.1 Å². The number of aromatic nitrogens is 4. The van der Waals surface area contributed by atoms with Crippen molar-refractivity contribution in [3.05, 3.63) is 23.9 Å². The molecule has 2 aliphatic rings. The summed E-state index contributed by atoms with van der Waals surface area (Å²) in [6.07, 6.45) is 7.01. The van der Waals surface area contributed by atoms with Crippen LogP contribution < -0.4 is 10.6 Å². The molecule has 0 atom stereocenters. The second-order valence-electron chi connectivity index (χ2n) is 7.10. The van der Waals surface area contributed by atoms with Gasteiger partial charge in [-0.15, -0.1) is 35.0 Å². The van der Waals surface area contributed by atoms with Crippen LogP contribution in [0.1, 0.15) is 31.2 Å². The van der Waals surface area contributed by atoms with E-state index in [9.17, 15) is 0 Å². The number of hydrogen-bond acceptors (Lipinski definition) is 5. The monoisotopic (exact) mass is 384 g/mol. The van der Waals surface area contributed by atoms with E-state index in [1.807, 2.05) is 37.0 Å². The number of rotatable bonds is 3. The minimum absolute atomic E-state index is 0. The Kier molecular flexibility index (Phi) is 6.30. The Bertz CT molecular complexity index is 666. The fraction of sp³-hybridized carbons (Fsp3) is 0.588. The molecule has 6 nitrogen and oxygen atoms in total. The van der Waals surface area contributed by atoms with E-state index >= 15 is 0 Å². The van der Waals surface area contributed by atoms with Gasteiger partial charge in [0.25, 0.3) is 0 Å². The van der Waals surface area contributed by atoms with Crippen LogP contribution >= 0.6 is 24.8 Å². The number of nitrogens with one attached hydrogen (secondary N) is 2. The summed E-state index contributed by atoms with van der Waals surface area (Å²) in [5.74, 6) is 0.877. The maximum atomic E-state index is 4.37. The molecular weight excluding hydrogens is 359 g/mol. The lowest BCUT2D eigenvalue weighted by molar-refractivity contribution is 0.0717. The van der Waals surface area contributed by atoms with Crippen molar-refractivity contribution in [1.29, 1.82) is 0 Å². The maximum Gasteiger partial charge on any atom is 0.148 e. The number of aryl methyl sites for hydroxylation is 2. The third-order valence-corrected chi connectivity index (χ3v) is 5.40. The number of hydrogen-bond donors (Lipinski definition) is 2. The van der Waals surface area contributed by atoms with E-state index in [0.29, 0.717) is 11.5 Å². The van der Waals surface area contributed by atoms with E-state index in [-0.39, 0.29) is 24.8 Å². The van der Waals surface area contributed by atoms with Crippen molar-refractivity contribution >= 4 is 30.6 Å². The lowest BCUT2D eigenvalue weighted by atomic mass is 9.60. The van der Waals surface area contributed by atoms with Crippen LogP contribution in [0.3, 0.4) is 0 Å². The van der Waals surface area contributed by atoms with E-state index in [2.05, 4.69) is 25.9 Å². The normalized spacial score (nSPS) is 18.8. The van der Waals surface area contributed by atoms with E-state index in [1.165, 1.54) is 38.8 Å². The van der Waals surface area contributed by atoms with Gasteiger partial charge in [-0.05, 0) is 68.8 Å². The number of piperidine rings is 1. The second kappa shape index (κ2) is 7.89. The van der Waals surface area contributed by atoms with E-state index in [1.54, 1.807) is 0 Å². The van der Waals surface area contributed by atoms with Crippen LogP contribution in [-0.2, 0) is 7.05 Å². The van der Waals surface area contributed by atoms with Gasteiger partial charge in [0.1, 0.15) is 11.5 Å². The van der Waals surface area contributed by atoms with Gasteiger partial charge in [-0.1, -0.05) is 0 Å². The first-order valence-electron chi connectivity index (χ1n) is 8.45. The Balaban J connectivity index is 0.00000113. The van der Waals surface area contributed by atoms with Gasteiger partial charge < -0.3 is 10.6 Å². The standard InChI is InChI=1S/C17H24N6.2ClH/c1-12-11-19-23(2)16(12)14-3-4-15(22-21-14)20-13-9-17(10-13)5-7-18-8-6-17;;/h3-4,11,13,18H,5-10H2,1-2H3,(H,20,22);2*1H. The topological polar surface area (TPSA) is 67.7 Å². The summed E-state index contributed by atoms with van der Waals surface area (Å²) >= 11 is 0. The van der Waals surface area contributed by atoms with Crippen LogP contribution in [0.4, 0.5) is 5.82 Å². The van der Waals surface area contributed by atoms with Crippen LogP contribution in [0.25, 0.3) is 11.4 Å².